The Labute approximate surface area is 122 Å². The molecule has 0 fully saturated rings. The summed E-state index contributed by atoms with van der Waals surface area (Å²) in [7, 11) is 0. The molecule has 1 amide bonds. The lowest BCUT2D eigenvalue weighted by molar-refractivity contribution is -0.116. The molecule has 0 aliphatic carbocycles. The summed E-state index contributed by atoms with van der Waals surface area (Å²) in [6.07, 6.45) is 0.0538. The molecule has 8 heteroatoms. The monoisotopic (exact) mass is 356 g/mol. The molecule has 106 valence electrons. The molecule has 4 nitrogen and oxygen atoms in total. The molecule has 1 unspecified atom stereocenters. The first-order valence-electron chi connectivity index (χ1n) is 5.29. The number of rotatable bonds is 5. The van der Waals surface area contributed by atoms with Gasteiger partial charge in [-0.25, -0.2) is 0 Å². The molecule has 3 N–H and O–H groups in total. The number of nitrogens with one attached hydrogen (secondary N) is 1. The van der Waals surface area contributed by atoms with Crippen LogP contribution in [-0.4, -0.2) is 18.6 Å². The van der Waals surface area contributed by atoms with Crippen LogP contribution in [0.25, 0.3) is 0 Å². The first kappa shape index (κ1) is 16.1. The van der Waals surface area contributed by atoms with Gasteiger partial charge in [-0.15, -0.1) is 0 Å². The molecule has 1 aromatic rings. The number of hydrogen-bond acceptors (Lipinski definition) is 3. The SMILES string of the molecule is CC(N)CC(=O)Nc1cc(Cl)cc(Br)c1OC(F)F. The summed E-state index contributed by atoms with van der Waals surface area (Å²) >= 11 is 8.85. The predicted octanol–water partition coefficient (Wildman–Crippen LogP) is 3.38. The molecule has 0 saturated carbocycles. The summed E-state index contributed by atoms with van der Waals surface area (Å²) in [6, 6.07) is 2.37. The Balaban J connectivity index is 3.00. The summed E-state index contributed by atoms with van der Waals surface area (Å²) in [5.74, 6) is -0.597. The van der Waals surface area contributed by atoms with Gasteiger partial charge < -0.3 is 15.8 Å². The van der Waals surface area contributed by atoms with Crippen molar-refractivity contribution in [3.63, 3.8) is 0 Å². The first-order valence-corrected chi connectivity index (χ1v) is 6.46. The lowest BCUT2D eigenvalue weighted by Gasteiger charge is -2.14. The molecule has 0 radical (unpaired) electrons. The zero-order chi connectivity index (χ0) is 14.6. The van der Waals surface area contributed by atoms with Crippen molar-refractivity contribution in [3.8, 4) is 5.75 Å². The molecule has 0 aromatic heterocycles. The number of nitrogens with two attached hydrogens (primary N) is 1. The van der Waals surface area contributed by atoms with Crippen LogP contribution in [0.5, 0.6) is 5.75 Å². The molecule has 1 aromatic carbocycles. The van der Waals surface area contributed by atoms with E-state index in [0.29, 0.717) is 0 Å². The third-order valence-corrected chi connectivity index (χ3v) is 2.80. The lowest BCUT2D eigenvalue weighted by atomic mass is 10.2. The Hall–Kier alpha value is -0.920. The summed E-state index contributed by atoms with van der Waals surface area (Å²) < 4.78 is 29.2. The molecule has 0 spiro atoms. The highest BCUT2D eigenvalue weighted by Crippen LogP contribution is 2.37. The van der Waals surface area contributed by atoms with Gasteiger partial charge in [-0.1, -0.05) is 11.6 Å². The topological polar surface area (TPSA) is 64.4 Å². The molecular weight excluding hydrogens is 345 g/mol. The maximum atomic E-state index is 12.3. The number of hydrogen-bond donors (Lipinski definition) is 2. The normalized spacial score (nSPS) is 12.4. The first-order chi connectivity index (χ1) is 8.79. The number of halogens is 4. The maximum absolute atomic E-state index is 12.3. The largest absolute Gasteiger partial charge is 0.431 e. The van der Waals surface area contributed by atoms with Crippen molar-refractivity contribution in [2.45, 2.75) is 26.0 Å². The van der Waals surface area contributed by atoms with Crippen LogP contribution in [0.2, 0.25) is 5.02 Å². The van der Waals surface area contributed by atoms with Gasteiger partial charge in [0.05, 0.1) is 10.2 Å². The minimum absolute atomic E-state index is 0.0538. The van der Waals surface area contributed by atoms with Crippen molar-refractivity contribution in [3.05, 3.63) is 21.6 Å². The van der Waals surface area contributed by atoms with Crippen LogP contribution in [0, 0.1) is 0 Å². The average Bonchev–Trinajstić information content (AvgIpc) is 2.21. The second-order valence-corrected chi connectivity index (χ2v) is 5.16. The Morgan fingerprint density at radius 1 is 1.58 bits per heavy atom. The summed E-state index contributed by atoms with van der Waals surface area (Å²) in [6.45, 7) is -1.36. The highest BCUT2D eigenvalue weighted by Gasteiger charge is 2.17. The van der Waals surface area contributed by atoms with Gasteiger partial charge >= 0.3 is 6.61 Å². The van der Waals surface area contributed by atoms with Gasteiger partial charge in [-0.3, -0.25) is 4.79 Å². The van der Waals surface area contributed by atoms with E-state index in [9.17, 15) is 13.6 Å². The van der Waals surface area contributed by atoms with Crippen molar-refractivity contribution in [2.24, 2.45) is 5.73 Å². The van der Waals surface area contributed by atoms with Gasteiger partial charge in [0.1, 0.15) is 0 Å². The van der Waals surface area contributed by atoms with E-state index >= 15 is 0 Å². The Morgan fingerprint density at radius 2 is 2.21 bits per heavy atom. The third-order valence-electron chi connectivity index (χ3n) is 2.00. The maximum Gasteiger partial charge on any atom is 0.387 e. The van der Waals surface area contributed by atoms with Crippen molar-refractivity contribution in [1.82, 2.24) is 0 Å². The quantitative estimate of drug-likeness (QED) is 0.849. The summed E-state index contributed by atoms with van der Waals surface area (Å²) in [4.78, 5) is 11.6. The number of alkyl halides is 2. The Bertz CT molecular complexity index is 472. The van der Waals surface area contributed by atoms with Gasteiger partial charge in [-0.2, -0.15) is 8.78 Å². The van der Waals surface area contributed by atoms with Crippen molar-refractivity contribution >= 4 is 39.1 Å². The predicted molar refractivity (Wildman–Crippen MR) is 72.7 cm³/mol. The number of anilines is 1. The molecular formula is C11H12BrClF2N2O2. The number of carbonyl (C=O) groups is 1. The Morgan fingerprint density at radius 3 is 2.74 bits per heavy atom. The number of ether oxygens (including phenoxy) is 1. The Kier molecular flexibility index (Phi) is 5.96. The zero-order valence-corrected chi connectivity index (χ0v) is 12.3. The van der Waals surface area contributed by atoms with Crippen LogP contribution in [0.1, 0.15) is 13.3 Å². The van der Waals surface area contributed by atoms with Crippen LogP contribution >= 0.6 is 27.5 Å². The van der Waals surface area contributed by atoms with E-state index in [1.807, 2.05) is 0 Å². The molecule has 19 heavy (non-hydrogen) atoms. The second-order valence-electron chi connectivity index (χ2n) is 3.87. The van der Waals surface area contributed by atoms with Gasteiger partial charge in [0.25, 0.3) is 0 Å². The number of amides is 1. The fourth-order valence-electron chi connectivity index (χ4n) is 1.36. The van der Waals surface area contributed by atoms with Gasteiger partial charge in [0.15, 0.2) is 5.75 Å². The highest BCUT2D eigenvalue weighted by atomic mass is 79.9. The van der Waals surface area contributed by atoms with Gasteiger partial charge in [0, 0.05) is 17.5 Å². The lowest BCUT2D eigenvalue weighted by Crippen LogP contribution is -2.24. The minimum Gasteiger partial charge on any atom is -0.431 e. The molecule has 0 heterocycles. The molecule has 0 aliphatic heterocycles. The molecule has 0 saturated heterocycles. The fourth-order valence-corrected chi connectivity index (χ4v) is 2.26. The van der Waals surface area contributed by atoms with E-state index in [1.54, 1.807) is 6.92 Å². The van der Waals surface area contributed by atoms with E-state index in [4.69, 9.17) is 17.3 Å². The van der Waals surface area contributed by atoms with Crippen molar-refractivity contribution in [2.75, 3.05) is 5.32 Å². The van der Waals surface area contributed by atoms with Gasteiger partial charge in [0.2, 0.25) is 5.91 Å². The van der Waals surface area contributed by atoms with Crippen LogP contribution in [-0.2, 0) is 4.79 Å². The van der Waals surface area contributed by atoms with E-state index < -0.39 is 12.5 Å². The van der Waals surface area contributed by atoms with Crippen LogP contribution in [0.3, 0.4) is 0 Å². The fraction of sp³-hybridized carbons (Fsp3) is 0.364. The molecule has 0 aliphatic rings. The minimum atomic E-state index is -3.01. The van der Waals surface area contributed by atoms with E-state index in [-0.39, 0.29) is 33.4 Å². The van der Waals surface area contributed by atoms with Crippen LogP contribution in [0.15, 0.2) is 16.6 Å². The number of carbonyl (C=O) groups excluding carboxylic acids is 1. The van der Waals surface area contributed by atoms with E-state index in [2.05, 4.69) is 26.0 Å². The van der Waals surface area contributed by atoms with E-state index in [1.165, 1.54) is 12.1 Å². The smallest absolute Gasteiger partial charge is 0.387 e. The summed E-state index contributed by atoms with van der Waals surface area (Å²) in [5, 5.41) is 2.71. The third kappa shape index (κ3) is 5.30. The summed E-state index contributed by atoms with van der Waals surface area (Å²) in [5.41, 5.74) is 5.54. The number of benzene rings is 1. The van der Waals surface area contributed by atoms with E-state index in [0.717, 1.165) is 0 Å². The van der Waals surface area contributed by atoms with Gasteiger partial charge in [-0.05, 0) is 35.0 Å². The van der Waals surface area contributed by atoms with Crippen molar-refractivity contribution in [1.29, 1.82) is 0 Å². The standard InChI is InChI=1S/C11H12BrClF2N2O2/c1-5(16)2-9(18)17-8-4-6(13)3-7(12)10(8)19-11(14)15/h3-5,11H,2,16H2,1H3,(H,17,18). The molecule has 0 bridgehead atoms. The van der Waals surface area contributed by atoms with Crippen LogP contribution < -0.4 is 15.8 Å². The van der Waals surface area contributed by atoms with Crippen LogP contribution in [0.4, 0.5) is 14.5 Å². The second kappa shape index (κ2) is 7.02. The molecule has 1 rings (SSSR count). The zero-order valence-electron chi connectivity index (χ0n) is 9.92. The van der Waals surface area contributed by atoms with Crippen molar-refractivity contribution < 1.29 is 18.3 Å². The highest BCUT2D eigenvalue weighted by molar-refractivity contribution is 9.10. The molecule has 1 atom stereocenters. The average molecular weight is 358 g/mol.